The fraction of sp³-hybridized carbons (Fsp3) is 0.462. The molecule has 116 valence electrons. The Kier molecular flexibility index (Phi) is 8.22. The first-order valence-electron chi connectivity index (χ1n) is 6.59. The molecule has 1 aromatic rings. The monoisotopic (exact) mass is 312 g/mol. The predicted molar refractivity (Wildman–Crippen MR) is 82.6 cm³/mol. The largest absolute Gasteiger partial charge is 0.465 e. The summed E-state index contributed by atoms with van der Waals surface area (Å²) in [5.41, 5.74) is 10.9. The third-order valence-electron chi connectivity index (χ3n) is 2.39. The molecular weight excluding hydrogens is 292 g/mol. The van der Waals surface area contributed by atoms with Crippen LogP contribution in [0.25, 0.3) is 0 Å². The average molecular weight is 312 g/mol. The number of amides is 1. The molecular formula is C13H20N4O3S. The van der Waals surface area contributed by atoms with Gasteiger partial charge in [0.15, 0.2) is 0 Å². The van der Waals surface area contributed by atoms with Crippen molar-refractivity contribution in [3.63, 3.8) is 0 Å². The van der Waals surface area contributed by atoms with E-state index in [9.17, 15) is 9.59 Å². The summed E-state index contributed by atoms with van der Waals surface area (Å²) in [4.78, 5) is 26.8. The molecule has 21 heavy (non-hydrogen) atoms. The number of esters is 1. The fourth-order valence-electron chi connectivity index (χ4n) is 1.35. The zero-order chi connectivity index (χ0) is 15.5. The molecule has 0 aliphatic rings. The number of carbonyl (C=O) groups is 2. The van der Waals surface area contributed by atoms with E-state index in [2.05, 4.69) is 15.8 Å². The second-order valence-corrected chi connectivity index (χ2v) is 5.19. The molecule has 0 radical (unpaired) electrons. The van der Waals surface area contributed by atoms with Gasteiger partial charge in [-0.3, -0.25) is 20.4 Å². The number of ether oxygens (including phenoxy) is 1. The van der Waals surface area contributed by atoms with Crippen molar-refractivity contribution in [3.05, 3.63) is 24.4 Å². The molecule has 1 amide bonds. The minimum atomic E-state index is -0.632. The fourth-order valence-corrected chi connectivity index (χ4v) is 2.17. The second-order valence-electron chi connectivity index (χ2n) is 4.09. The van der Waals surface area contributed by atoms with Gasteiger partial charge >= 0.3 is 5.97 Å². The Morgan fingerprint density at radius 1 is 1.48 bits per heavy atom. The average Bonchev–Trinajstić information content (AvgIpc) is 2.50. The topological polar surface area (TPSA) is 106 Å². The van der Waals surface area contributed by atoms with E-state index in [4.69, 9.17) is 10.5 Å². The van der Waals surface area contributed by atoms with Crippen molar-refractivity contribution >= 4 is 29.5 Å². The van der Waals surface area contributed by atoms with E-state index in [-0.39, 0.29) is 11.7 Å². The molecule has 1 aromatic heterocycles. The first-order valence-corrected chi connectivity index (χ1v) is 7.74. The molecule has 1 rings (SSSR count). The zero-order valence-corrected chi connectivity index (χ0v) is 12.7. The highest BCUT2D eigenvalue weighted by atomic mass is 32.2. The van der Waals surface area contributed by atoms with Crippen molar-refractivity contribution in [1.82, 2.24) is 10.4 Å². The van der Waals surface area contributed by atoms with Crippen LogP contribution in [0.1, 0.15) is 13.3 Å². The Hall–Kier alpha value is -1.80. The molecule has 0 aliphatic heterocycles. The maximum absolute atomic E-state index is 11.6. The van der Waals surface area contributed by atoms with Crippen LogP contribution in [-0.4, -0.2) is 41.0 Å². The number of hydrogen-bond donors (Lipinski definition) is 3. The van der Waals surface area contributed by atoms with Crippen LogP contribution in [0.2, 0.25) is 0 Å². The minimum Gasteiger partial charge on any atom is -0.465 e. The SMILES string of the molecule is CCOC(=O)C(N)CCSCC(=O)NNc1ccccn1. The summed E-state index contributed by atoms with van der Waals surface area (Å²) in [6, 6.07) is 4.71. The van der Waals surface area contributed by atoms with E-state index in [1.807, 2.05) is 6.07 Å². The summed E-state index contributed by atoms with van der Waals surface area (Å²) in [6.07, 6.45) is 2.10. The van der Waals surface area contributed by atoms with Crippen LogP contribution in [-0.2, 0) is 14.3 Å². The molecule has 1 heterocycles. The molecule has 7 nitrogen and oxygen atoms in total. The quantitative estimate of drug-likeness (QED) is 0.347. The third-order valence-corrected chi connectivity index (χ3v) is 3.38. The molecule has 0 bridgehead atoms. The Labute approximate surface area is 128 Å². The van der Waals surface area contributed by atoms with Crippen molar-refractivity contribution in [2.75, 3.05) is 23.5 Å². The number of carbonyl (C=O) groups excluding carboxylic acids is 2. The maximum atomic E-state index is 11.6. The number of nitrogens with zero attached hydrogens (tertiary/aromatic N) is 1. The Morgan fingerprint density at radius 2 is 2.29 bits per heavy atom. The van der Waals surface area contributed by atoms with Gasteiger partial charge in [0.2, 0.25) is 5.91 Å². The number of nitrogens with one attached hydrogen (secondary N) is 2. The highest BCUT2D eigenvalue weighted by molar-refractivity contribution is 7.99. The minimum absolute atomic E-state index is 0.171. The van der Waals surface area contributed by atoms with E-state index < -0.39 is 12.0 Å². The molecule has 4 N–H and O–H groups in total. The van der Waals surface area contributed by atoms with Crippen molar-refractivity contribution < 1.29 is 14.3 Å². The maximum Gasteiger partial charge on any atom is 0.322 e. The molecule has 1 atom stereocenters. The number of anilines is 1. The molecule has 0 fully saturated rings. The van der Waals surface area contributed by atoms with Gasteiger partial charge in [-0.25, -0.2) is 4.98 Å². The Balaban J connectivity index is 2.09. The van der Waals surface area contributed by atoms with E-state index in [0.29, 0.717) is 24.6 Å². The van der Waals surface area contributed by atoms with Gasteiger partial charge in [0.05, 0.1) is 12.4 Å². The van der Waals surface area contributed by atoms with Gasteiger partial charge in [0.25, 0.3) is 0 Å². The van der Waals surface area contributed by atoms with Gasteiger partial charge in [-0.15, -0.1) is 0 Å². The normalized spacial score (nSPS) is 11.5. The van der Waals surface area contributed by atoms with Crippen LogP contribution in [0.5, 0.6) is 0 Å². The Bertz CT molecular complexity index is 444. The highest BCUT2D eigenvalue weighted by Crippen LogP contribution is 2.05. The van der Waals surface area contributed by atoms with E-state index >= 15 is 0 Å². The number of aromatic nitrogens is 1. The summed E-state index contributed by atoms with van der Waals surface area (Å²) < 4.78 is 4.80. The molecule has 8 heteroatoms. The van der Waals surface area contributed by atoms with Crippen molar-refractivity contribution in [2.24, 2.45) is 5.73 Å². The van der Waals surface area contributed by atoms with Gasteiger partial charge in [0, 0.05) is 6.20 Å². The van der Waals surface area contributed by atoms with Crippen molar-refractivity contribution in [2.45, 2.75) is 19.4 Å². The van der Waals surface area contributed by atoms with Crippen LogP contribution in [0.4, 0.5) is 5.82 Å². The number of pyridine rings is 1. The lowest BCUT2D eigenvalue weighted by Crippen LogP contribution is -2.33. The van der Waals surface area contributed by atoms with Gasteiger partial charge in [-0.1, -0.05) is 6.07 Å². The zero-order valence-electron chi connectivity index (χ0n) is 11.9. The number of rotatable bonds is 9. The molecule has 0 saturated heterocycles. The molecule has 0 aromatic carbocycles. The number of hydrogen-bond acceptors (Lipinski definition) is 7. The molecule has 0 saturated carbocycles. The number of hydrazine groups is 1. The van der Waals surface area contributed by atoms with Crippen molar-refractivity contribution in [1.29, 1.82) is 0 Å². The summed E-state index contributed by atoms with van der Waals surface area (Å²) in [5, 5.41) is 0. The lowest BCUT2D eigenvalue weighted by atomic mass is 10.2. The number of thioether (sulfide) groups is 1. The number of nitrogens with two attached hydrogens (primary N) is 1. The van der Waals surface area contributed by atoms with Crippen molar-refractivity contribution in [3.8, 4) is 0 Å². The first kappa shape index (κ1) is 17.3. The smallest absolute Gasteiger partial charge is 0.322 e. The summed E-state index contributed by atoms with van der Waals surface area (Å²) in [5.74, 6) is 0.877. The molecule has 0 aliphatic carbocycles. The lowest BCUT2D eigenvalue weighted by Gasteiger charge is -2.10. The summed E-state index contributed by atoms with van der Waals surface area (Å²) in [7, 11) is 0. The van der Waals surface area contributed by atoms with E-state index in [0.717, 1.165) is 0 Å². The van der Waals surface area contributed by atoms with E-state index in [1.54, 1.807) is 25.3 Å². The van der Waals surface area contributed by atoms with Gasteiger partial charge in [-0.05, 0) is 31.2 Å². The molecule has 0 spiro atoms. The van der Waals surface area contributed by atoms with Crippen LogP contribution in [0.3, 0.4) is 0 Å². The standard InChI is InChI=1S/C13H20N4O3S/c1-2-20-13(19)10(14)6-8-21-9-12(18)17-16-11-5-3-4-7-15-11/h3-5,7,10H,2,6,8-9,14H2,1H3,(H,15,16)(H,17,18). The van der Waals surface area contributed by atoms with Gasteiger partial charge in [-0.2, -0.15) is 11.8 Å². The third kappa shape index (κ3) is 7.52. The first-order chi connectivity index (χ1) is 10.1. The van der Waals surface area contributed by atoms with Crippen LogP contribution >= 0.6 is 11.8 Å². The predicted octanol–water partition coefficient (Wildman–Crippen LogP) is 0.538. The summed E-state index contributed by atoms with van der Waals surface area (Å²) in [6.45, 7) is 2.06. The van der Waals surface area contributed by atoms with Gasteiger partial charge in [0.1, 0.15) is 11.9 Å². The molecule has 1 unspecified atom stereocenters. The Morgan fingerprint density at radius 3 is 2.95 bits per heavy atom. The highest BCUT2D eigenvalue weighted by Gasteiger charge is 2.14. The van der Waals surface area contributed by atoms with Crippen LogP contribution < -0.4 is 16.6 Å². The lowest BCUT2D eigenvalue weighted by molar-refractivity contribution is -0.144. The van der Waals surface area contributed by atoms with Crippen LogP contribution in [0.15, 0.2) is 24.4 Å². The van der Waals surface area contributed by atoms with Crippen LogP contribution in [0, 0.1) is 0 Å². The van der Waals surface area contributed by atoms with E-state index in [1.165, 1.54) is 11.8 Å². The van der Waals surface area contributed by atoms with Gasteiger partial charge < -0.3 is 10.5 Å². The summed E-state index contributed by atoms with van der Waals surface area (Å²) >= 11 is 1.40. The second kappa shape index (κ2) is 10.0.